The lowest BCUT2D eigenvalue weighted by Crippen LogP contribution is -2.49. The number of rotatable bonds is 3. The summed E-state index contributed by atoms with van der Waals surface area (Å²) in [5.74, 6) is -0.940. The standard InChI is InChI=1S/C18H23N3O3/c1-11-5-3-6-12(2)16(11)21-15(22)9-14(18(21)24)20-8-4-7-13(10-20)17(19)23/h3,5-6,13-14H,4,7-10H2,1-2H3,(H2,19,23)/t13-,14-/m0/s1. The fraction of sp³-hybridized carbons (Fsp3) is 0.500. The van der Waals surface area contributed by atoms with Gasteiger partial charge in [0.1, 0.15) is 0 Å². The number of nitrogens with two attached hydrogens (primary N) is 1. The Morgan fingerprint density at radius 3 is 2.50 bits per heavy atom. The number of primary amides is 1. The van der Waals surface area contributed by atoms with Crippen LogP contribution in [-0.2, 0) is 14.4 Å². The molecule has 6 nitrogen and oxygen atoms in total. The number of carbonyl (C=O) groups excluding carboxylic acids is 3. The quantitative estimate of drug-likeness (QED) is 0.843. The van der Waals surface area contributed by atoms with Gasteiger partial charge in [0.05, 0.1) is 24.1 Å². The number of likely N-dealkylation sites (tertiary alicyclic amines) is 1. The number of nitrogens with zero attached hydrogens (tertiary/aromatic N) is 2. The first-order valence-electron chi connectivity index (χ1n) is 8.36. The van der Waals surface area contributed by atoms with E-state index in [9.17, 15) is 14.4 Å². The molecule has 24 heavy (non-hydrogen) atoms. The Labute approximate surface area is 141 Å². The number of hydrogen-bond donors (Lipinski definition) is 1. The zero-order valence-corrected chi connectivity index (χ0v) is 14.1. The maximum absolute atomic E-state index is 12.9. The van der Waals surface area contributed by atoms with Gasteiger partial charge in [-0.25, -0.2) is 4.90 Å². The first-order valence-corrected chi connectivity index (χ1v) is 8.36. The van der Waals surface area contributed by atoms with Crippen molar-refractivity contribution in [3.05, 3.63) is 29.3 Å². The molecule has 2 heterocycles. The van der Waals surface area contributed by atoms with Crippen molar-refractivity contribution in [1.29, 1.82) is 0 Å². The highest BCUT2D eigenvalue weighted by Gasteiger charge is 2.44. The van der Waals surface area contributed by atoms with Gasteiger partial charge in [-0.2, -0.15) is 0 Å². The number of aryl methyl sites for hydroxylation is 2. The molecule has 1 aromatic carbocycles. The normalized spacial score (nSPS) is 25.3. The molecule has 0 spiro atoms. The molecule has 2 saturated heterocycles. The number of benzene rings is 1. The summed E-state index contributed by atoms with van der Waals surface area (Å²) in [6.45, 7) is 4.98. The highest BCUT2D eigenvalue weighted by molar-refractivity contribution is 6.23. The molecule has 3 rings (SSSR count). The van der Waals surface area contributed by atoms with Gasteiger partial charge in [0.2, 0.25) is 11.8 Å². The van der Waals surface area contributed by atoms with Gasteiger partial charge < -0.3 is 5.73 Å². The molecule has 0 unspecified atom stereocenters. The SMILES string of the molecule is Cc1cccc(C)c1N1C(=O)C[C@H](N2CCC[C@H](C(N)=O)C2)C1=O. The maximum Gasteiger partial charge on any atom is 0.251 e. The lowest BCUT2D eigenvalue weighted by Gasteiger charge is -2.34. The van der Waals surface area contributed by atoms with E-state index in [1.807, 2.05) is 36.9 Å². The summed E-state index contributed by atoms with van der Waals surface area (Å²) in [7, 11) is 0. The summed E-state index contributed by atoms with van der Waals surface area (Å²) >= 11 is 0. The van der Waals surface area contributed by atoms with E-state index in [0.717, 1.165) is 24.0 Å². The Kier molecular flexibility index (Phi) is 4.41. The van der Waals surface area contributed by atoms with E-state index < -0.39 is 6.04 Å². The van der Waals surface area contributed by atoms with Gasteiger partial charge in [-0.1, -0.05) is 18.2 Å². The van der Waals surface area contributed by atoms with Crippen LogP contribution < -0.4 is 10.6 Å². The molecule has 0 bridgehead atoms. The lowest BCUT2D eigenvalue weighted by molar-refractivity contribution is -0.127. The molecule has 2 fully saturated rings. The zero-order valence-electron chi connectivity index (χ0n) is 14.1. The van der Waals surface area contributed by atoms with Crippen LogP contribution in [0.3, 0.4) is 0 Å². The van der Waals surface area contributed by atoms with Crippen molar-refractivity contribution in [2.24, 2.45) is 11.7 Å². The van der Waals surface area contributed by atoms with Crippen molar-refractivity contribution >= 4 is 23.4 Å². The molecule has 0 aromatic heterocycles. The Morgan fingerprint density at radius 2 is 1.88 bits per heavy atom. The van der Waals surface area contributed by atoms with Crippen molar-refractivity contribution in [3.8, 4) is 0 Å². The topological polar surface area (TPSA) is 83.7 Å². The van der Waals surface area contributed by atoms with Gasteiger partial charge in [-0.15, -0.1) is 0 Å². The number of imide groups is 1. The van der Waals surface area contributed by atoms with E-state index in [4.69, 9.17) is 5.73 Å². The van der Waals surface area contributed by atoms with E-state index in [1.54, 1.807) is 0 Å². The highest BCUT2D eigenvalue weighted by Crippen LogP contribution is 2.32. The summed E-state index contributed by atoms with van der Waals surface area (Å²) in [6.07, 6.45) is 1.73. The molecule has 2 aliphatic heterocycles. The predicted octanol–water partition coefficient (Wildman–Crippen LogP) is 1.13. The number of para-hydroxylation sites is 1. The van der Waals surface area contributed by atoms with E-state index in [-0.39, 0.29) is 30.1 Å². The zero-order chi connectivity index (χ0) is 17.4. The van der Waals surface area contributed by atoms with Crippen molar-refractivity contribution < 1.29 is 14.4 Å². The smallest absolute Gasteiger partial charge is 0.251 e. The van der Waals surface area contributed by atoms with Crippen LogP contribution >= 0.6 is 0 Å². The van der Waals surface area contributed by atoms with Crippen LogP contribution in [0.25, 0.3) is 0 Å². The minimum absolute atomic E-state index is 0.165. The molecule has 128 valence electrons. The van der Waals surface area contributed by atoms with Gasteiger partial charge in [-0.05, 0) is 44.4 Å². The number of piperidine rings is 1. The lowest BCUT2D eigenvalue weighted by atomic mass is 9.96. The third-order valence-electron chi connectivity index (χ3n) is 5.08. The molecule has 1 aromatic rings. The summed E-state index contributed by atoms with van der Waals surface area (Å²) in [5.41, 5.74) is 7.93. The van der Waals surface area contributed by atoms with E-state index in [2.05, 4.69) is 0 Å². The summed E-state index contributed by atoms with van der Waals surface area (Å²) in [4.78, 5) is 40.2. The minimum Gasteiger partial charge on any atom is -0.369 e. The Morgan fingerprint density at radius 1 is 1.21 bits per heavy atom. The van der Waals surface area contributed by atoms with Gasteiger partial charge in [0.15, 0.2) is 0 Å². The molecule has 2 atom stereocenters. The van der Waals surface area contributed by atoms with E-state index in [1.165, 1.54) is 4.90 Å². The number of carbonyl (C=O) groups is 3. The summed E-state index contributed by atoms with van der Waals surface area (Å²) < 4.78 is 0. The van der Waals surface area contributed by atoms with Gasteiger partial charge in [0, 0.05) is 6.54 Å². The third kappa shape index (κ3) is 2.82. The van der Waals surface area contributed by atoms with Gasteiger partial charge in [-0.3, -0.25) is 19.3 Å². The number of anilines is 1. The maximum atomic E-state index is 12.9. The first kappa shape index (κ1) is 16.6. The van der Waals surface area contributed by atoms with Gasteiger partial charge >= 0.3 is 0 Å². The monoisotopic (exact) mass is 329 g/mol. The van der Waals surface area contributed by atoms with Crippen LogP contribution in [0.15, 0.2) is 18.2 Å². The molecule has 6 heteroatoms. The first-order chi connectivity index (χ1) is 11.4. The Hall–Kier alpha value is -2.21. The van der Waals surface area contributed by atoms with Gasteiger partial charge in [0.25, 0.3) is 5.91 Å². The van der Waals surface area contributed by atoms with Crippen LogP contribution in [0.4, 0.5) is 5.69 Å². The van der Waals surface area contributed by atoms with E-state index >= 15 is 0 Å². The van der Waals surface area contributed by atoms with Crippen molar-refractivity contribution in [1.82, 2.24) is 4.90 Å². The van der Waals surface area contributed by atoms with Crippen molar-refractivity contribution in [3.63, 3.8) is 0 Å². The molecule has 0 aliphatic carbocycles. The minimum atomic E-state index is -0.487. The second-order valence-corrected chi connectivity index (χ2v) is 6.76. The van der Waals surface area contributed by atoms with Crippen molar-refractivity contribution in [2.75, 3.05) is 18.0 Å². The molecule has 3 amide bonds. The largest absolute Gasteiger partial charge is 0.369 e. The van der Waals surface area contributed by atoms with Crippen molar-refractivity contribution in [2.45, 2.75) is 39.2 Å². The molecular weight excluding hydrogens is 306 g/mol. The van der Waals surface area contributed by atoms with Crippen LogP contribution in [0.1, 0.15) is 30.4 Å². The third-order valence-corrected chi connectivity index (χ3v) is 5.08. The van der Waals surface area contributed by atoms with Crippen LogP contribution in [-0.4, -0.2) is 41.8 Å². The Bertz CT molecular complexity index is 680. The second-order valence-electron chi connectivity index (χ2n) is 6.76. The molecule has 2 aliphatic rings. The summed E-state index contributed by atoms with van der Waals surface area (Å²) in [5, 5.41) is 0. The van der Waals surface area contributed by atoms with E-state index in [0.29, 0.717) is 18.8 Å². The van der Waals surface area contributed by atoms with Crippen LogP contribution in [0.2, 0.25) is 0 Å². The van der Waals surface area contributed by atoms with Crippen LogP contribution in [0.5, 0.6) is 0 Å². The number of hydrogen-bond acceptors (Lipinski definition) is 4. The second kappa shape index (κ2) is 6.36. The fourth-order valence-electron chi connectivity index (χ4n) is 3.82. The molecule has 0 radical (unpaired) electrons. The Balaban J connectivity index is 1.86. The molecule has 2 N–H and O–H groups in total. The predicted molar refractivity (Wildman–Crippen MR) is 90.3 cm³/mol. The number of amides is 3. The average molecular weight is 329 g/mol. The summed E-state index contributed by atoms with van der Waals surface area (Å²) in [6, 6.07) is 5.23. The fourth-order valence-corrected chi connectivity index (χ4v) is 3.82. The van der Waals surface area contributed by atoms with Crippen LogP contribution in [0, 0.1) is 19.8 Å². The average Bonchev–Trinajstić information content (AvgIpc) is 2.83. The highest BCUT2D eigenvalue weighted by atomic mass is 16.2. The molecule has 0 saturated carbocycles. The molecular formula is C18H23N3O3.